The van der Waals surface area contributed by atoms with E-state index in [0.717, 1.165) is 19.6 Å². The number of hydrogen-bond donors (Lipinski definition) is 1. The highest BCUT2D eigenvalue weighted by molar-refractivity contribution is 5.99. The number of likely N-dealkylation sites (tertiary alicyclic amines) is 1. The van der Waals surface area contributed by atoms with Crippen LogP contribution < -0.4 is 10.1 Å². The number of anilines is 1. The molecule has 1 N–H and O–H groups in total. The van der Waals surface area contributed by atoms with Gasteiger partial charge in [0, 0.05) is 24.7 Å². The molecule has 3 rings (SSSR count). The summed E-state index contributed by atoms with van der Waals surface area (Å²) in [5.74, 6) is 1.15. The number of methoxy groups -OCH3 is 1. The summed E-state index contributed by atoms with van der Waals surface area (Å²) in [7, 11) is 1.58. The van der Waals surface area contributed by atoms with Gasteiger partial charge in [0.2, 0.25) is 5.91 Å². The normalized spacial score (nSPS) is 14.4. The zero-order valence-corrected chi connectivity index (χ0v) is 17.0. The van der Waals surface area contributed by atoms with Crippen LogP contribution >= 0.6 is 0 Å². The minimum Gasteiger partial charge on any atom is -0.497 e. The second kappa shape index (κ2) is 10.1. The molecule has 0 bridgehead atoms. The Bertz CT molecular complexity index is 812. The van der Waals surface area contributed by atoms with Gasteiger partial charge in [0.25, 0.3) is 5.91 Å². The molecule has 29 heavy (non-hydrogen) atoms. The lowest BCUT2D eigenvalue weighted by Gasteiger charge is -2.30. The molecule has 0 radical (unpaired) electrons. The fourth-order valence-electron chi connectivity index (χ4n) is 3.39. The van der Waals surface area contributed by atoms with Gasteiger partial charge < -0.3 is 24.4 Å². The molecule has 8 heteroatoms. The molecule has 1 aliphatic heterocycles. The summed E-state index contributed by atoms with van der Waals surface area (Å²) >= 11 is 0. The first-order valence-electron chi connectivity index (χ1n) is 9.94. The van der Waals surface area contributed by atoms with Crippen LogP contribution in [0.25, 0.3) is 0 Å². The number of aromatic nitrogens is 1. The zero-order chi connectivity index (χ0) is 20.6. The van der Waals surface area contributed by atoms with Gasteiger partial charge in [0.05, 0.1) is 7.11 Å². The molecule has 8 nitrogen and oxygen atoms in total. The van der Waals surface area contributed by atoms with Gasteiger partial charge in [0.15, 0.2) is 5.82 Å². The molecule has 156 valence electrons. The van der Waals surface area contributed by atoms with Crippen molar-refractivity contribution >= 4 is 17.6 Å². The highest BCUT2D eigenvalue weighted by Gasteiger charge is 2.21. The molecule has 1 aromatic carbocycles. The summed E-state index contributed by atoms with van der Waals surface area (Å²) in [5, 5.41) is 6.46. The number of piperidine rings is 1. The third-order valence-electron chi connectivity index (χ3n) is 4.99. The number of benzene rings is 1. The summed E-state index contributed by atoms with van der Waals surface area (Å²) in [6.45, 7) is 5.00. The van der Waals surface area contributed by atoms with E-state index in [2.05, 4.69) is 15.4 Å². The van der Waals surface area contributed by atoms with Crippen LogP contribution in [-0.4, -0.2) is 66.6 Å². The molecule has 0 atom stereocenters. The van der Waals surface area contributed by atoms with E-state index in [1.165, 1.54) is 19.3 Å². The Morgan fingerprint density at radius 3 is 2.55 bits per heavy atom. The Balaban J connectivity index is 1.66. The van der Waals surface area contributed by atoms with Crippen molar-refractivity contribution in [2.75, 3.05) is 45.2 Å². The smallest absolute Gasteiger partial charge is 0.254 e. The van der Waals surface area contributed by atoms with Crippen LogP contribution in [0.1, 0.15) is 35.4 Å². The number of ether oxygens (including phenoxy) is 1. The molecule has 2 amide bonds. The predicted octanol–water partition coefficient (Wildman–Crippen LogP) is 2.56. The minimum atomic E-state index is -0.307. The minimum absolute atomic E-state index is 0.0510. The lowest BCUT2D eigenvalue weighted by atomic mass is 10.1. The summed E-state index contributed by atoms with van der Waals surface area (Å²) in [6, 6.07) is 8.56. The largest absolute Gasteiger partial charge is 0.497 e. The Morgan fingerprint density at radius 1 is 1.21 bits per heavy atom. The molecule has 0 spiro atoms. The molecular weight excluding hydrogens is 372 g/mol. The number of hydrogen-bond acceptors (Lipinski definition) is 6. The molecule has 0 saturated carbocycles. The second-order valence-corrected chi connectivity index (χ2v) is 7.23. The van der Waals surface area contributed by atoms with Crippen molar-refractivity contribution in [3.63, 3.8) is 0 Å². The maximum atomic E-state index is 13.1. The standard InChI is InChI=1S/C21H28N4O4/c1-16-14-19(23-29-16)22-20(26)15-25(13-12-24-10-4-3-5-11-24)21(27)17-6-8-18(28-2)9-7-17/h6-9,14H,3-5,10-13,15H2,1-2H3,(H,22,23,26). The lowest BCUT2D eigenvalue weighted by Crippen LogP contribution is -2.43. The number of nitrogens with one attached hydrogen (secondary N) is 1. The first-order valence-corrected chi connectivity index (χ1v) is 9.94. The number of rotatable bonds is 8. The Morgan fingerprint density at radius 2 is 1.93 bits per heavy atom. The fraction of sp³-hybridized carbons (Fsp3) is 0.476. The van der Waals surface area contributed by atoms with E-state index < -0.39 is 0 Å². The van der Waals surface area contributed by atoms with Crippen LogP contribution in [0, 0.1) is 6.92 Å². The summed E-state index contributed by atoms with van der Waals surface area (Å²) in [4.78, 5) is 29.5. The fourth-order valence-corrected chi connectivity index (χ4v) is 3.39. The van der Waals surface area contributed by atoms with Gasteiger partial charge >= 0.3 is 0 Å². The van der Waals surface area contributed by atoms with Crippen molar-refractivity contribution in [2.45, 2.75) is 26.2 Å². The van der Waals surface area contributed by atoms with Crippen molar-refractivity contribution in [1.29, 1.82) is 0 Å². The van der Waals surface area contributed by atoms with E-state index in [1.54, 1.807) is 49.3 Å². The number of amides is 2. The average molecular weight is 400 g/mol. The molecular formula is C21H28N4O4. The SMILES string of the molecule is COc1ccc(C(=O)N(CCN2CCCCC2)CC(=O)Nc2cc(C)on2)cc1. The molecule has 1 fully saturated rings. The van der Waals surface area contributed by atoms with Crippen LogP contribution in [0.3, 0.4) is 0 Å². The van der Waals surface area contributed by atoms with E-state index in [9.17, 15) is 9.59 Å². The van der Waals surface area contributed by atoms with Crippen molar-refractivity contribution in [3.8, 4) is 5.75 Å². The van der Waals surface area contributed by atoms with Gasteiger partial charge in [0.1, 0.15) is 18.1 Å². The average Bonchev–Trinajstić information content (AvgIpc) is 3.15. The lowest BCUT2D eigenvalue weighted by molar-refractivity contribution is -0.117. The Hall–Kier alpha value is -2.87. The van der Waals surface area contributed by atoms with Gasteiger partial charge in [-0.25, -0.2) is 0 Å². The first kappa shape index (κ1) is 20.9. The third-order valence-corrected chi connectivity index (χ3v) is 4.99. The number of carbonyl (C=O) groups is 2. The topological polar surface area (TPSA) is 87.9 Å². The van der Waals surface area contributed by atoms with E-state index in [1.807, 2.05) is 0 Å². The summed E-state index contributed by atoms with van der Waals surface area (Å²) in [6.07, 6.45) is 3.61. The van der Waals surface area contributed by atoms with E-state index in [4.69, 9.17) is 9.26 Å². The highest BCUT2D eigenvalue weighted by Crippen LogP contribution is 2.14. The maximum Gasteiger partial charge on any atom is 0.254 e. The number of aryl methyl sites for hydroxylation is 1. The van der Waals surface area contributed by atoms with E-state index in [0.29, 0.717) is 29.4 Å². The van der Waals surface area contributed by atoms with Crippen molar-refractivity contribution in [2.24, 2.45) is 0 Å². The molecule has 2 heterocycles. The highest BCUT2D eigenvalue weighted by atomic mass is 16.5. The van der Waals surface area contributed by atoms with Crippen LogP contribution in [-0.2, 0) is 4.79 Å². The van der Waals surface area contributed by atoms with Crippen molar-refractivity contribution < 1.29 is 18.8 Å². The molecule has 0 aliphatic carbocycles. The number of carbonyl (C=O) groups excluding carboxylic acids is 2. The summed E-state index contributed by atoms with van der Waals surface area (Å²) < 4.78 is 10.1. The van der Waals surface area contributed by atoms with Crippen molar-refractivity contribution in [1.82, 2.24) is 15.0 Å². The molecule has 1 aromatic heterocycles. The number of nitrogens with zero attached hydrogens (tertiary/aromatic N) is 3. The zero-order valence-electron chi connectivity index (χ0n) is 17.0. The van der Waals surface area contributed by atoms with Crippen LogP contribution in [0.15, 0.2) is 34.9 Å². The van der Waals surface area contributed by atoms with Gasteiger partial charge in [-0.1, -0.05) is 11.6 Å². The monoisotopic (exact) mass is 400 g/mol. The van der Waals surface area contributed by atoms with Crippen LogP contribution in [0.2, 0.25) is 0 Å². The Labute approximate surface area is 170 Å². The quantitative estimate of drug-likeness (QED) is 0.733. The molecule has 1 aliphatic rings. The van der Waals surface area contributed by atoms with Gasteiger partial charge in [-0.3, -0.25) is 9.59 Å². The van der Waals surface area contributed by atoms with Crippen LogP contribution in [0.4, 0.5) is 5.82 Å². The predicted molar refractivity (Wildman–Crippen MR) is 109 cm³/mol. The van der Waals surface area contributed by atoms with E-state index >= 15 is 0 Å². The Kier molecular flexibility index (Phi) is 7.24. The van der Waals surface area contributed by atoms with Gasteiger partial charge in [-0.15, -0.1) is 0 Å². The van der Waals surface area contributed by atoms with Crippen LogP contribution in [0.5, 0.6) is 5.75 Å². The maximum absolute atomic E-state index is 13.1. The molecule has 2 aromatic rings. The second-order valence-electron chi connectivity index (χ2n) is 7.23. The van der Waals surface area contributed by atoms with Crippen molar-refractivity contribution in [3.05, 3.63) is 41.7 Å². The first-order chi connectivity index (χ1) is 14.0. The molecule has 0 unspecified atom stereocenters. The third kappa shape index (κ3) is 6.05. The summed E-state index contributed by atoms with van der Waals surface area (Å²) in [5.41, 5.74) is 0.523. The van der Waals surface area contributed by atoms with E-state index in [-0.39, 0.29) is 18.4 Å². The molecule has 1 saturated heterocycles. The van der Waals surface area contributed by atoms with Gasteiger partial charge in [-0.05, 0) is 57.1 Å². The van der Waals surface area contributed by atoms with Gasteiger partial charge in [-0.2, -0.15) is 0 Å².